The van der Waals surface area contributed by atoms with Crippen LogP contribution in [-0.2, 0) is 17.9 Å². The van der Waals surface area contributed by atoms with Crippen LogP contribution in [0.2, 0.25) is 0 Å². The number of carbonyl (C=O) groups is 1. The SMILES string of the molecule is CCC(=O)Nc1cc(-c2c(-c3ccc(F)cc3)nn3c2CNCC3)ccn1. The van der Waals surface area contributed by atoms with E-state index in [0.29, 0.717) is 18.8 Å². The number of pyridine rings is 1. The van der Waals surface area contributed by atoms with E-state index in [0.717, 1.165) is 41.2 Å². The first kappa shape index (κ1) is 17.4. The second-order valence-electron chi connectivity index (χ2n) is 6.41. The van der Waals surface area contributed by atoms with E-state index in [1.807, 2.05) is 16.8 Å². The zero-order valence-corrected chi connectivity index (χ0v) is 15.0. The monoisotopic (exact) mass is 365 g/mol. The van der Waals surface area contributed by atoms with E-state index in [2.05, 4.69) is 15.6 Å². The summed E-state index contributed by atoms with van der Waals surface area (Å²) in [6.07, 6.45) is 2.06. The predicted octanol–water partition coefficient (Wildman–Crippen LogP) is 3.20. The van der Waals surface area contributed by atoms with Crippen LogP contribution in [0.4, 0.5) is 10.2 Å². The number of rotatable bonds is 4. The summed E-state index contributed by atoms with van der Waals surface area (Å²) in [6.45, 7) is 4.12. The molecule has 138 valence electrons. The number of halogens is 1. The molecule has 0 saturated carbocycles. The molecule has 2 aromatic heterocycles. The van der Waals surface area contributed by atoms with E-state index in [1.165, 1.54) is 12.1 Å². The minimum Gasteiger partial charge on any atom is -0.311 e. The van der Waals surface area contributed by atoms with Crippen molar-refractivity contribution < 1.29 is 9.18 Å². The first-order chi connectivity index (χ1) is 13.2. The molecular formula is C20H20FN5O. The zero-order valence-electron chi connectivity index (χ0n) is 15.0. The zero-order chi connectivity index (χ0) is 18.8. The predicted molar refractivity (Wildman–Crippen MR) is 101 cm³/mol. The number of benzene rings is 1. The Labute approximate surface area is 156 Å². The third-order valence-corrected chi connectivity index (χ3v) is 4.61. The van der Waals surface area contributed by atoms with Crippen LogP contribution in [0.3, 0.4) is 0 Å². The smallest absolute Gasteiger partial charge is 0.225 e. The Balaban J connectivity index is 1.84. The van der Waals surface area contributed by atoms with Gasteiger partial charge in [-0.2, -0.15) is 5.10 Å². The van der Waals surface area contributed by atoms with Crippen LogP contribution in [0.1, 0.15) is 19.0 Å². The highest BCUT2D eigenvalue weighted by Crippen LogP contribution is 2.36. The average Bonchev–Trinajstić information content (AvgIpc) is 3.08. The van der Waals surface area contributed by atoms with Crippen molar-refractivity contribution in [1.82, 2.24) is 20.1 Å². The molecule has 1 aliphatic rings. The molecule has 0 fully saturated rings. The topological polar surface area (TPSA) is 71.8 Å². The molecule has 1 aliphatic heterocycles. The molecule has 4 rings (SSSR count). The molecule has 1 aromatic carbocycles. The van der Waals surface area contributed by atoms with Gasteiger partial charge in [0.2, 0.25) is 5.91 Å². The van der Waals surface area contributed by atoms with Gasteiger partial charge in [0.15, 0.2) is 0 Å². The number of anilines is 1. The van der Waals surface area contributed by atoms with Crippen molar-refractivity contribution in [3.05, 3.63) is 54.1 Å². The second kappa shape index (κ2) is 7.28. The van der Waals surface area contributed by atoms with Gasteiger partial charge in [-0.25, -0.2) is 9.37 Å². The van der Waals surface area contributed by atoms with Crippen molar-refractivity contribution >= 4 is 11.7 Å². The van der Waals surface area contributed by atoms with Crippen molar-refractivity contribution in [3.63, 3.8) is 0 Å². The van der Waals surface area contributed by atoms with Gasteiger partial charge in [-0.3, -0.25) is 9.48 Å². The fourth-order valence-electron chi connectivity index (χ4n) is 3.25. The summed E-state index contributed by atoms with van der Waals surface area (Å²) in [5, 5.41) is 11.0. The first-order valence-electron chi connectivity index (χ1n) is 8.98. The van der Waals surface area contributed by atoms with E-state index in [4.69, 9.17) is 5.10 Å². The summed E-state index contributed by atoms with van der Waals surface area (Å²) in [7, 11) is 0. The van der Waals surface area contributed by atoms with Crippen LogP contribution in [0.25, 0.3) is 22.4 Å². The van der Waals surface area contributed by atoms with Gasteiger partial charge in [0.1, 0.15) is 17.3 Å². The molecule has 3 aromatic rings. The van der Waals surface area contributed by atoms with Crippen molar-refractivity contribution in [2.45, 2.75) is 26.4 Å². The summed E-state index contributed by atoms with van der Waals surface area (Å²) in [4.78, 5) is 16.0. The molecule has 6 nitrogen and oxygen atoms in total. The molecule has 0 radical (unpaired) electrons. The molecule has 0 spiro atoms. The molecule has 0 atom stereocenters. The van der Waals surface area contributed by atoms with Gasteiger partial charge < -0.3 is 10.6 Å². The lowest BCUT2D eigenvalue weighted by atomic mass is 9.99. The van der Waals surface area contributed by atoms with Crippen LogP contribution in [-0.4, -0.2) is 27.2 Å². The summed E-state index contributed by atoms with van der Waals surface area (Å²) in [5.41, 5.74) is 4.61. The molecule has 2 N–H and O–H groups in total. The molecule has 0 bridgehead atoms. The average molecular weight is 365 g/mol. The van der Waals surface area contributed by atoms with Crippen molar-refractivity contribution in [3.8, 4) is 22.4 Å². The molecule has 3 heterocycles. The van der Waals surface area contributed by atoms with Gasteiger partial charge >= 0.3 is 0 Å². The van der Waals surface area contributed by atoms with Crippen molar-refractivity contribution in [2.24, 2.45) is 0 Å². The van der Waals surface area contributed by atoms with E-state index in [1.54, 1.807) is 25.3 Å². The standard InChI is InChI=1S/C20H20FN5O/c1-2-18(27)24-17-11-14(7-8-23-17)19-16-12-22-9-10-26(16)25-20(19)13-3-5-15(21)6-4-13/h3-8,11,22H,2,9-10,12H2,1H3,(H,23,24,27). The maximum atomic E-state index is 13.4. The number of nitrogens with one attached hydrogen (secondary N) is 2. The van der Waals surface area contributed by atoms with E-state index in [-0.39, 0.29) is 11.7 Å². The molecule has 27 heavy (non-hydrogen) atoms. The number of hydrogen-bond acceptors (Lipinski definition) is 4. The Kier molecular flexibility index (Phi) is 4.68. The minimum atomic E-state index is -0.278. The Morgan fingerprint density at radius 3 is 2.85 bits per heavy atom. The summed E-state index contributed by atoms with van der Waals surface area (Å²) in [5.74, 6) is 0.143. The van der Waals surface area contributed by atoms with Crippen molar-refractivity contribution in [1.29, 1.82) is 0 Å². The molecule has 0 unspecified atom stereocenters. The van der Waals surface area contributed by atoms with Gasteiger partial charge in [-0.05, 0) is 42.0 Å². The molecular weight excluding hydrogens is 345 g/mol. The number of amides is 1. The molecule has 0 saturated heterocycles. The van der Waals surface area contributed by atoms with Gasteiger partial charge in [0, 0.05) is 36.8 Å². The Bertz CT molecular complexity index is 981. The van der Waals surface area contributed by atoms with Crippen LogP contribution < -0.4 is 10.6 Å². The Hall–Kier alpha value is -3.06. The number of carbonyl (C=O) groups excluding carboxylic acids is 1. The summed E-state index contributed by atoms with van der Waals surface area (Å²) >= 11 is 0. The number of nitrogens with zero attached hydrogens (tertiary/aromatic N) is 3. The quantitative estimate of drug-likeness (QED) is 0.745. The fourth-order valence-corrected chi connectivity index (χ4v) is 3.25. The second-order valence-corrected chi connectivity index (χ2v) is 6.41. The highest BCUT2D eigenvalue weighted by Gasteiger charge is 2.23. The van der Waals surface area contributed by atoms with Crippen molar-refractivity contribution in [2.75, 3.05) is 11.9 Å². The van der Waals surface area contributed by atoms with E-state index < -0.39 is 0 Å². The highest BCUT2D eigenvalue weighted by molar-refractivity contribution is 5.91. The number of hydrogen-bond donors (Lipinski definition) is 2. The largest absolute Gasteiger partial charge is 0.311 e. The molecule has 0 aliphatic carbocycles. The lowest BCUT2D eigenvalue weighted by Crippen LogP contribution is -2.28. The number of aromatic nitrogens is 3. The molecule has 7 heteroatoms. The third-order valence-electron chi connectivity index (χ3n) is 4.61. The molecule has 1 amide bonds. The van der Waals surface area contributed by atoms with Gasteiger partial charge in [0.05, 0.1) is 12.2 Å². The number of fused-ring (bicyclic) bond motifs is 1. The normalized spacial score (nSPS) is 13.3. The van der Waals surface area contributed by atoms with Gasteiger partial charge in [-0.1, -0.05) is 6.92 Å². The van der Waals surface area contributed by atoms with E-state index >= 15 is 0 Å². The summed E-state index contributed by atoms with van der Waals surface area (Å²) in [6, 6.07) is 10.1. The minimum absolute atomic E-state index is 0.0860. The maximum absolute atomic E-state index is 13.4. The lowest BCUT2D eigenvalue weighted by Gasteiger charge is -2.16. The Morgan fingerprint density at radius 1 is 1.26 bits per heavy atom. The first-order valence-corrected chi connectivity index (χ1v) is 8.98. The van der Waals surface area contributed by atoms with Crippen LogP contribution in [0, 0.1) is 5.82 Å². The third kappa shape index (κ3) is 3.46. The maximum Gasteiger partial charge on any atom is 0.225 e. The van der Waals surface area contributed by atoms with E-state index in [9.17, 15) is 9.18 Å². The van der Waals surface area contributed by atoms with Crippen LogP contribution in [0.15, 0.2) is 42.6 Å². The van der Waals surface area contributed by atoms with Crippen LogP contribution >= 0.6 is 0 Å². The van der Waals surface area contributed by atoms with Crippen LogP contribution in [0.5, 0.6) is 0 Å². The lowest BCUT2D eigenvalue weighted by molar-refractivity contribution is -0.115. The summed E-state index contributed by atoms with van der Waals surface area (Å²) < 4.78 is 15.4. The Morgan fingerprint density at radius 2 is 2.07 bits per heavy atom. The van der Waals surface area contributed by atoms with Gasteiger partial charge in [0.25, 0.3) is 0 Å². The fraction of sp³-hybridized carbons (Fsp3) is 0.250. The van der Waals surface area contributed by atoms with Gasteiger partial charge in [-0.15, -0.1) is 0 Å². The highest BCUT2D eigenvalue weighted by atomic mass is 19.1.